The van der Waals surface area contributed by atoms with Crippen LogP contribution in [0.1, 0.15) is 74.6 Å². The smallest absolute Gasteiger partial charge is 0.166 e. The van der Waals surface area contributed by atoms with Crippen molar-refractivity contribution in [1.29, 1.82) is 0 Å². The quantitative estimate of drug-likeness (QED) is 0.376. The predicted molar refractivity (Wildman–Crippen MR) is 147 cm³/mol. The van der Waals surface area contributed by atoms with Crippen LogP contribution in [-0.2, 0) is 11.8 Å². The van der Waals surface area contributed by atoms with Crippen molar-refractivity contribution in [2.24, 2.45) is 0 Å². The zero-order valence-electron chi connectivity index (χ0n) is 21.8. The Bertz CT molecular complexity index is 1280. The van der Waals surface area contributed by atoms with Crippen LogP contribution in [0.3, 0.4) is 0 Å². The molecule has 4 atom stereocenters. The standard InChI is InChI=1S/C31H36ClN4/c1-5-28-27(23-12-13-30(32)34-19-23)17-26(36(28)4)16-22-9-7-10-24(15-22)31(25-11-8-14-33-20-25)18-21(3)35-29(31)6-2/h7-15,19-21,26-27H,5-6,16-18H2,1-4H3/q+1/p+1/t21-,26+,27+,31?/m0/s1. The van der Waals surface area contributed by atoms with Crippen LogP contribution in [0.25, 0.3) is 0 Å². The van der Waals surface area contributed by atoms with E-state index in [0.29, 0.717) is 23.2 Å². The second-order valence-electron chi connectivity index (χ2n) is 10.4. The van der Waals surface area contributed by atoms with Crippen molar-refractivity contribution in [3.05, 3.63) is 94.5 Å². The van der Waals surface area contributed by atoms with E-state index in [1.54, 1.807) is 0 Å². The third kappa shape index (κ3) is 4.41. The third-order valence-corrected chi connectivity index (χ3v) is 8.60. The Morgan fingerprint density at radius 1 is 1.06 bits per heavy atom. The van der Waals surface area contributed by atoms with E-state index in [9.17, 15) is 0 Å². The fourth-order valence-corrected chi connectivity index (χ4v) is 6.86. The van der Waals surface area contributed by atoms with E-state index in [1.165, 1.54) is 33.7 Å². The molecule has 186 valence electrons. The topological polar surface area (TPSA) is 42.8 Å². The summed E-state index contributed by atoms with van der Waals surface area (Å²) in [6.07, 6.45) is 11.1. The van der Waals surface area contributed by atoms with Gasteiger partial charge in [0.2, 0.25) is 0 Å². The van der Waals surface area contributed by atoms with Gasteiger partial charge in [0.1, 0.15) is 23.7 Å². The van der Waals surface area contributed by atoms with Gasteiger partial charge in [-0.1, -0.05) is 61.8 Å². The van der Waals surface area contributed by atoms with Crippen LogP contribution >= 0.6 is 11.6 Å². The van der Waals surface area contributed by atoms with E-state index < -0.39 is 0 Å². The van der Waals surface area contributed by atoms with Crippen LogP contribution in [-0.4, -0.2) is 45.1 Å². The highest BCUT2D eigenvalue weighted by molar-refractivity contribution is 6.29. The predicted octanol–water partition coefficient (Wildman–Crippen LogP) is 4.73. The first-order valence-corrected chi connectivity index (χ1v) is 13.7. The first-order chi connectivity index (χ1) is 17.5. The molecule has 0 spiro atoms. The lowest BCUT2D eigenvalue weighted by atomic mass is 9.68. The lowest BCUT2D eigenvalue weighted by Gasteiger charge is -2.29. The van der Waals surface area contributed by atoms with Crippen molar-refractivity contribution in [2.75, 3.05) is 7.05 Å². The number of hydrogen-bond acceptors (Lipinski definition) is 2. The largest absolute Gasteiger partial charge is 0.264 e. The molecule has 36 heavy (non-hydrogen) atoms. The van der Waals surface area contributed by atoms with Crippen LogP contribution < -0.4 is 4.99 Å². The molecule has 1 N–H and O–H groups in total. The number of benzene rings is 1. The fraction of sp³-hybridized carbons (Fsp3) is 0.419. The fourth-order valence-electron chi connectivity index (χ4n) is 6.74. The zero-order chi connectivity index (χ0) is 25.3. The Morgan fingerprint density at radius 2 is 1.89 bits per heavy atom. The van der Waals surface area contributed by atoms with Gasteiger partial charge in [-0.3, -0.25) is 4.98 Å². The molecule has 5 heteroatoms. The zero-order valence-corrected chi connectivity index (χ0v) is 22.6. The van der Waals surface area contributed by atoms with E-state index in [0.717, 1.165) is 32.1 Å². The molecule has 2 aromatic heterocycles. The van der Waals surface area contributed by atoms with Gasteiger partial charge in [0.05, 0.1) is 5.92 Å². The molecule has 2 aliphatic rings. The number of pyridine rings is 2. The van der Waals surface area contributed by atoms with Gasteiger partial charge in [-0.2, -0.15) is 0 Å². The number of nitrogens with zero attached hydrogens (tertiary/aromatic N) is 3. The van der Waals surface area contributed by atoms with E-state index >= 15 is 0 Å². The number of aromatic nitrogens is 2. The summed E-state index contributed by atoms with van der Waals surface area (Å²) in [6, 6.07) is 18.6. The van der Waals surface area contributed by atoms with Crippen LogP contribution in [0, 0.1) is 0 Å². The average molecular weight is 501 g/mol. The molecule has 0 fully saturated rings. The van der Waals surface area contributed by atoms with Gasteiger partial charge >= 0.3 is 0 Å². The first-order valence-electron chi connectivity index (χ1n) is 13.3. The van der Waals surface area contributed by atoms with Crippen LogP contribution in [0.4, 0.5) is 0 Å². The van der Waals surface area contributed by atoms with Crippen molar-refractivity contribution >= 4 is 23.0 Å². The Kier molecular flexibility index (Phi) is 7.07. The number of halogens is 1. The van der Waals surface area contributed by atoms with E-state index in [-0.39, 0.29) is 5.41 Å². The second kappa shape index (κ2) is 10.3. The minimum absolute atomic E-state index is 0.141. The normalized spacial score (nSPS) is 25.9. The number of hydrogen-bond donors (Lipinski definition) is 1. The highest BCUT2D eigenvalue weighted by Crippen LogP contribution is 2.40. The molecule has 0 saturated heterocycles. The van der Waals surface area contributed by atoms with E-state index in [1.807, 2.05) is 18.5 Å². The second-order valence-corrected chi connectivity index (χ2v) is 10.8. The molecule has 2 aliphatic heterocycles. The minimum Gasteiger partial charge on any atom is -0.264 e. The molecule has 1 unspecified atom stereocenters. The lowest BCUT2D eigenvalue weighted by Crippen LogP contribution is -2.75. The van der Waals surface area contributed by atoms with E-state index in [2.05, 4.69) is 96.0 Å². The maximum atomic E-state index is 6.07. The summed E-state index contributed by atoms with van der Waals surface area (Å²) < 4.78 is 2.52. The maximum absolute atomic E-state index is 6.07. The van der Waals surface area contributed by atoms with Gasteiger partial charge in [0.25, 0.3) is 0 Å². The molecule has 5 rings (SSSR count). The summed E-state index contributed by atoms with van der Waals surface area (Å²) >= 11 is 6.07. The molecule has 0 bridgehead atoms. The van der Waals surface area contributed by atoms with Gasteiger partial charge in [-0.05, 0) is 41.3 Å². The van der Waals surface area contributed by atoms with Gasteiger partial charge in [0.15, 0.2) is 17.5 Å². The SMILES string of the molecule is CCC1=[NH+][C@@H](C)CC1(c1cccnc1)c1cccc(C[C@@H]2C[C@H](c3ccc(Cl)nc3)C(CC)=[N+]2C)c1. The maximum Gasteiger partial charge on any atom is 0.166 e. The first kappa shape index (κ1) is 24.8. The Balaban J connectivity index is 1.47. The number of rotatable bonds is 7. The molecule has 4 nitrogen and oxygen atoms in total. The average Bonchev–Trinajstić information content (AvgIpc) is 3.41. The minimum atomic E-state index is -0.141. The Hall–Kier alpha value is -2.85. The molecule has 3 aromatic rings. The van der Waals surface area contributed by atoms with Gasteiger partial charge < -0.3 is 0 Å². The van der Waals surface area contributed by atoms with Crippen LogP contribution in [0.2, 0.25) is 5.15 Å². The monoisotopic (exact) mass is 500 g/mol. The van der Waals surface area contributed by atoms with Gasteiger partial charge in [0, 0.05) is 50.7 Å². The van der Waals surface area contributed by atoms with Crippen molar-refractivity contribution in [1.82, 2.24) is 9.97 Å². The highest BCUT2D eigenvalue weighted by atomic mass is 35.5. The highest BCUT2D eigenvalue weighted by Gasteiger charge is 2.49. The molecular formula is C31H37ClN4+2. The van der Waals surface area contributed by atoms with Crippen molar-refractivity contribution in [3.63, 3.8) is 0 Å². The molecule has 0 radical (unpaired) electrons. The lowest BCUT2D eigenvalue weighted by molar-refractivity contribution is -0.530. The molecule has 1 aromatic carbocycles. The van der Waals surface area contributed by atoms with Crippen molar-refractivity contribution in [3.8, 4) is 0 Å². The van der Waals surface area contributed by atoms with Gasteiger partial charge in [-0.25, -0.2) is 14.6 Å². The summed E-state index contributed by atoms with van der Waals surface area (Å²) in [5.74, 6) is 0.402. The van der Waals surface area contributed by atoms with Gasteiger partial charge in [-0.15, -0.1) is 0 Å². The summed E-state index contributed by atoms with van der Waals surface area (Å²) in [5, 5.41) is 0.554. The van der Waals surface area contributed by atoms with Crippen LogP contribution in [0.5, 0.6) is 0 Å². The summed E-state index contributed by atoms with van der Waals surface area (Å²) in [5.41, 5.74) is 8.07. The van der Waals surface area contributed by atoms with Crippen LogP contribution in [0.15, 0.2) is 67.1 Å². The molecule has 0 aliphatic carbocycles. The molecular weight excluding hydrogens is 464 g/mol. The number of likely N-dealkylation sites (N-methyl/N-ethyl adjacent to an activating group) is 1. The van der Waals surface area contributed by atoms with E-state index in [4.69, 9.17) is 11.6 Å². The summed E-state index contributed by atoms with van der Waals surface area (Å²) in [6.45, 7) is 6.81. The number of nitrogens with one attached hydrogen (secondary N) is 1. The molecule has 0 saturated carbocycles. The third-order valence-electron chi connectivity index (χ3n) is 8.37. The van der Waals surface area contributed by atoms with Crippen molar-refractivity contribution in [2.45, 2.75) is 76.3 Å². The molecule has 4 heterocycles. The molecule has 0 amide bonds. The Labute approximate surface area is 220 Å². The summed E-state index contributed by atoms with van der Waals surface area (Å²) in [7, 11) is 2.26. The van der Waals surface area contributed by atoms with Crippen molar-refractivity contribution < 1.29 is 9.57 Å². The Morgan fingerprint density at radius 3 is 2.58 bits per heavy atom. The summed E-state index contributed by atoms with van der Waals surface area (Å²) in [4.78, 5) is 12.7.